The number of carbonyl (C=O) groups is 1. The normalized spacial score (nSPS) is 20.8. The van der Waals surface area contributed by atoms with E-state index in [1.807, 2.05) is 18.2 Å². The molecule has 2 saturated heterocycles. The summed E-state index contributed by atoms with van der Waals surface area (Å²) < 4.78 is 33.8. The number of ether oxygens (including phenoxy) is 3. The van der Waals surface area contributed by atoms with Crippen LogP contribution in [-0.2, 0) is 24.4 Å². The summed E-state index contributed by atoms with van der Waals surface area (Å²) in [7, 11) is 0. The lowest BCUT2D eigenvalue weighted by Gasteiger charge is -2.36. The van der Waals surface area contributed by atoms with Gasteiger partial charge < -0.3 is 23.9 Å². The van der Waals surface area contributed by atoms with Gasteiger partial charge in [-0.2, -0.15) is 0 Å². The molecular weight excluding hydrogens is 563 g/mol. The number of aromatic carboxylic acids is 1. The molecule has 0 aliphatic carbocycles. The molecule has 11 heteroatoms. The molecule has 42 heavy (non-hydrogen) atoms. The number of imidazole rings is 1. The first-order chi connectivity index (χ1) is 20.3. The molecule has 1 N–H and O–H groups in total. The molecule has 2 aliphatic heterocycles. The Morgan fingerprint density at radius 1 is 1.17 bits per heavy atom. The Morgan fingerprint density at radius 2 is 2.02 bits per heavy atom. The third-order valence-corrected chi connectivity index (χ3v) is 8.09. The summed E-state index contributed by atoms with van der Waals surface area (Å²) in [6.07, 6.45) is 1.90. The predicted molar refractivity (Wildman–Crippen MR) is 155 cm³/mol. The van der Waals surface area contributed by atoms with E-state index in [-0.39, 0.29) is 36.0 Å². The highest BCUT2D eigenvalue weighted by Gasteiger charge is 2.30. The summed E-state index contributed by atoms with van der Waals surface area (Å²) in [4.78, 5) is 23.4. The second kappa shape index (κ2) is 12.2. The summed E-state index contributed by atoms with van der Waals surface area (Å²) in [6, 6.07) is 14.9. The monoisotopic (exact) mass is 594 g/mol. The van der Waals surface area contributed by atoms with E-state index in [4.69, 9.17) is 30.8 Å². The molecule has 220 valence electrons. The topological polar surface area (TPSA) is 98.9 Å². The van der Waals surface area contributed by atoms with Crippen LogP contribution in [0.15, 0.2) is 54.6 Å². The van der Waals surface area contributed by atoms with E-state index in [0.29, 0.717) is 29.7 Å². The van der Waals surface area contributed by atoms with E-state index in [1.54, 1.807) is 24.3 Å². The minimum Gasteiger partial charge on any atom is -0.484 e. The first kappa shape index (κ1) is 28.4. The van der Waals surface area contributed by atoms with E-state index in [2.05, 4.69) is 21.4 Å². The summed E-state index contributed by atoms with van der Waals surface area (Å²) in [5.41, 5.74) is 2.49. The summed E-state index contributed by atoms with van der Waals surface area (Å²) in [5, 5.41) is 9.82. The van der Waals surface area contributed by atoms with Gasteiger partial charge in [-0.05, 0) is 55.3 Å². The molecule has 2 unspecified atom stereocenters. The van der Waals surface area contributed by atoms with Crippen molar-refractivity contribution in [3.05, 3.63) is 82.5 Å². The number of piperidine rings is 1. The van der Waals surface area contributed by atoms with Gasteiger partial charge in [0, 0.05) is 36.7 Å². The average Bonchev–Trinajstić information content (AvgIpc) is 3.27. The number of fused-ring (bicyclic) bond motifs is 1. The Morgan fingerprint density at radius 3 is 2.76 bits per heavy atom. The number of likely N-dealkylation sites (tertiary alicyclic amines) is 1. The number of nitrogens with zero attached hydrogens (tertiary/aromatic N) is 4. The Bertz CT molecular complexity index is 1590. The largest absolute Gasteiger partial charge is 0.484 e. The van der Waals surface area contributed by atoms with Crippen molar-refractivity contribution in [3.8, 4) is 11.6 Å². The zero-order chi connectivity index (χ0) is 29.2. The average molecular weight is 595 g/mol. The molecule has 2 aliphatic rings. The predicted octanol–water partition coefficient (Wildman–Crippen LogP) is 5.58. The van der Waals surface area contributed by atoms with Crippen molar-refractivity contribution in [2.24, 2.45) is 5.92 Å². The van der Waals surface area contributed by atoms with Crippen molar-refractivity contribution >= 4 is 28.6 Å². The van der Waals surface area contributed by atoms with Crippen LogP contribution in [0.3, 0.4) is 0 Å². The lowest BCUT2D eigenvalue weighted by Crippen LogP contribution is -2.44. The van der Waals surface area contributed by atoms with Crippen molar-refractivity contribution in [1.29, 1.82) is 0 Å². The lowest BCUT2D eigenvalue weighted by atomic mass is 9.96. The molecule has 0 radical (unpaired) electrons. The molecular formula is C31H32ClFN4O5. The molecule has 0 bridgehead atoms. The highest BCUT2D eigenvalue weighted by atomic mass is 35.5. The van der Waals surface area contributed by atoms with Crippen molar-refractivity contribution in [2.45, 2.75) is 51.7 Å². The van der Waals surface area contributed by atoms with Crippen molar-refractivity contribution in [1.82, 2.24) is 19.4 Å². The maximum Gasteiger partial charge on any atom is 0.335 e. The van der Waals surface area contributed by atoms with Gasteiger partial charge in [0.2, 0.25) is 5.88 Å². The lowest BCUT2D eigenvalue weighted by molar-refractivity contribution is -0.0593. The highest BCUT2D eigenvalue weighted by molar-refractivity contribution is 6.30. The molecule has 4 aromatic rings. The fraction of sp³-hybridized carbons (Fsp3) is 0.387. The van der Waals surface area contributed by atoms with Gasteiger partial charge in [0.25, 0.3) is 0 Å². The third kappa shape index (κ3) is 6.35. The number of benzene rings is 2. The molecule has 0 saturated carbocycles. The molecule has 2 aromatic heterocycles. The van der Waals surface area contributed by atoms with Crippen LogP contribution >= 0.6 is 11.6 Å². The number of hydrogen-bond donors (Lipinski definition) is 1. The van der Waals surface area contributed by atoms with Gasteiger partial charge in [-0.3, -0.25) is 4.90 Å². The quantitative estimate of drug-likeness (QED) is 0.254. The van der Waals surface area contributed by atoms with Crippen LogP contribution in [0.25, 0.3) is 11.0 Å². The SMILES string of the molecule is CC1CN(Cc2nc3ccc(C(=O)O)cc3n2C[C@@H]2CCO2)CCC1Oc1cccc(COc2ccc(Cl)cc2F)n1. The molecule has 0 amide bonds. The van der Waals surface area contributed by atoms with Crippen molar-refractivity contribution < 1.29 is 28.5 Å². The zero-order valence-electron chi connectivity index (χ0n) is 23.2. The molecule has 0 spiro atoms. The maximum atomic E-state index is 14.1. The van der Waals surface area contributed by atoms with Crippen molar-refractivity contribution in [3.63, 3.8) is 0 Å². The standard InChI is InChI=1S/C31H32ClFN4O5/c1-19-15-36(17-29-35-25-7-5-20(31(38)39)13-26(25)37(29)16-23-10-12-40-23)11-9-27(19)42-30-4-2-3-22(34-30)18-41-28-8-6-21(32)14-24(28)33/h2-8,13-14,19,23,27H,9-12,15-18H2,1H3,(H,38,39)/t19?,23-,27?/m0/s1. The Hall–Kier alpha value is -3.73. The van der Waals surface area contributed by atoms with Crippen LogP contribution in [0.1, 0.15) is 41.6 Å². The van der Waals surface area contributed by atoms with Gasteiger partial charge >= 0.3 is 5.97 Å². The first-order valence-electron chi connectivity index (χ1n) is 14.1. The van der Waals surface area contributed by atoms with Gasteiger partial charge in [-0.25, -0.2) is 19.2 Å². The first-order valence-corrected chi connectivity index (χ1v) is 14.5. The van der Waals surface area contributed by atoms with Crippen LogP contribution in [0.5, 0.6) is 11.6 Å². The number of pyridine rings is 1. The van der Waals surface area contributed by atoms with E-state index in [1.165, 1.54) is 12.1 Å². The second-order valence-corrected chi connectivity index (χ2v) is 11.4. The number of carboxylic acid groups (broad SMARTS) is 1. The number of halogens is 2. The highest BCUT2D eigenvalue weighted by Crippen LogP contribution is 2.27. The summed E-state index contributed by atoms with van der Waals surface area (Å²) in [6.45, 7) is 5.95. The molecule has 3 atom stereocenters. The number of carboxylic acids is 1. The van der Waals surface area contributed by atoms with Gasteiger partial charge in [0.15, 0.2) is 11.6 Å². The minimum atomic E-state index is -0.954. The van der Waals surface area contributed by atoms with E-state index < -0.39 is 11.8 Å². The van der Waals surface area contributed by atoms with Crippen molar-refractivity contribution in [2.75, 3.05) is 19.7 Å². The number of rotatable bonds is 10. The maximum absolute atomic E-state index is 14.1. The fourth-order valence-corrected chi connectivity index (χ4v) is 5.65. The Balaban J connectivity index is 1.09. The van der Waals surface area contributed by atoms with Gasteiger partial charge in [-0.1, -0.05) is 24.6 Å². The van der Waals surface area contributed by atoms with Crippen LogP contribution < -0.4 is 9.47 Å². The second-order valence-electron chi connectivity index (χ2n) is 10.9. The van der Waals surface area contributed by atoms with Crippen LogP contribution in [-0.4, -0.2) is 62.4 Å². The van der Waals surface area contributed by atoms with Gasteiger partial charge in [0.1, 0.15) is 18.5 Å². The number of hydrogen-bond acceptors (Lipinski definition) is 7. The summed E-state index contributed by atoms with van der Waals surface area (Å²) in [5.74, 6) is 0.285. The molecule has 4 heterocycles. The Labute approximate surface area is 247 Å². The van der Waals surface area contributed by atoms with Gasteiger partial charge in [-0.15, -0.1) is 0 Å². The minimum absolute atomic E-state index is 0.0149. The van der Waals surface area contributed by atoms with E-state index in [9.17, 15) is 14.3 Å². The molecule has 2 fully saturated rings. The smallest absolute Gasteiger partial charge is 0.335 e. The van der Waals surface area contributed by atoms with Gasteiger partial charge in [0.05, 0.1) is 41.5 Å². The van der Waals surface area contributed by atoms with Crippen LogP contribution in [0, 0.1) is 11.7 Å². The third-order valence-electron chi connectivity index (χ3n) is 7.85. The fourth-order valence-electron chi connectivity index (χ4n) is 5.49. The van der Waals surface area contributed by atoms with E-state index in [0.717, 1.165) is 49.4 Å². The van der Waals surface area contributed by atoms with Crippen LogP contribution in [0.4, 0.5) is 4.39 Å². The zero-order valence-corrected chi connectivity index (χ0v) is 24.0. The number of aromatic nitrogens is 3. The molecule has 6 rings (SSSR count). The molecule has 2 aromatic carbocycles. The van der Waals surface area contributed by atoms with E-state index >= 15 is 0 Å². The molecule has 9 nitrogen and oxygen atoms in total. The Kier molecular flexibility index (Phi) is 8.28. The summed E-state index contributed by atoms with van der Waals surface area (Å²) >= 11 is 5.82. The van der Waals surface area contributed by atoms with Crippen LogP contribution in [0.2, 0.25) is 5.02 Å².